The molecule has 1 aromatic heterocycles. The van der Waals surface area contributed by atoms with Gasteiger partial charge in [-0.3, -0.25) is 4.99 Å². The van der Waals surface area contributed by atoms with E-state index in [0.717, 1.165) is 51.5 Å². The van der Waals surface area contributed by atoms with Crippen LogP contribution in [-0.2, 0) is 0 Å². The first-order chi connectivity index (χ1) is 13.7. The van der Waals surface area contributed by atoms with Gasteiger partial charge in [0.1, 0.15) is 0 Å². The number of nitrogens with zero attached hydrogens (tertiary/aromatic N) is 4. The third kappa shape index (κ3) is 5.80. The molecule has 0 aromatic carbocycles. The smallest absolute Gasteiger partial charge is 0.191 e. The number of anilines is 1. The number of halogens is 1. The number of aliphatic imine (C=N–C) groups is 1. The van der Waals surface area contributed by atoms with Crippen molar-refractivity contribution in [2.45, 2.75) is 58.0 Å². The van der Waals surface area contributed by atoms with Crippen LogP contribution in [0, 0.1) is 5.82 Å². The first kappa shape index (κ1) is 20.8. The van der Waals surface area contributed by atoms with Crippen molar-refractivity contribution in [3.8, 4) is 0 Å². The number of likely N-dealkylation sites (tertiary alicyclic amines) is 1. The third-order valence-electron chi connectivity index (χ3n) is 5.73. The number of hydrogen-bond acceptors (Lipinski definition) is 4. The predicted molar refractivity (Wildman–Crippen MR) is 113 cm³/mol. The fourth-order valence-electron chi connectivity index (χ4n) is 4.15. The van der Waals surface area contributed by atoms with E-state index in [4.69, 9.17) is 4.99 Å². The summed E-state index contributed by atoms with van der Waals surface area (Å²) < 4.78 is 14.0. The second-order valence-electron chi connectivity index (χ2n) is 7.88. The van der Waals surface area contributed by atoms with Gasteiger partial charge in [0.2, 0.25) is 0 Å². The van der Waals surface area contributed by atoms with Crippen LogP contribution >= 0.6 is 0 Å². The number of piperidine rings is 1. The molecule has 0 spiro atoms. The molecule has 0 amide bonds. The molecule has 2 aliphatic heterocycles. The van der Waals surface area contributed by atoms with Gasteiger partial charge in [0.15, 0.2) is 17.6 Å². The number of rotatable bonds is 7. The summed E-state index contributed by atoms with van der Waals surface area (Å²) in [5.74, 6) is 1.06. The Morgan fingerprint density at radius 2 is 2.21 bits per heavy atom. The number of guanidine groups is 1. The van der Waals surface area contributed by atoms with Gasteiger partial charge in [-0.15, -0.1) is 0 Å². The van der Waals surface area contributed by atoms with E-state index >= 15 is 0 Å². The zero-order chi connectivity index (χ0) is 19.8. The molecule has 0 radical (unpaired) electrons. The van der Waals surface area contributed by atoms with E-state index in [2.05, 4.69) is 34.4 Å². The summed E-state index contributed by atoms with van der Waals surface area (Å²) in [6.45, 7) is 9.97. The molecule has 2 unspecified atom stereocenters. The Morgan fingerprint density at radius 1 is 1.32 bits per heavy atom. The molecule has 7 heteroatoms. The van der Waals surface area contributed by atoms with Crippen LogP contribution in [0.25, 0.3) is 0 Å². The van der Waals surface area contributed by atoms with Crippen LogP contribution in [0.4, 0.5) is 10.2 Å². The van der Waals surface area contributed by atoms with Crippen molar-refractivity contribution in [3.63, 3.8) is 0 Å². The van der Waals surface area contributed by atoms with Gasteiger partial charge in [0.25, 0.3) is 0 Å². The molecule has 2 fully saturated rings. The summed E-state index contributed by atoms with van der Waals surface area (Å²) in [7, 11) is 0. The molecule has 0 bridgehead atoms. The molecule has 2 saturated heterocycles. The average Bonchev–Trinajstić information content (AvgIpc) is 3.15. The van der Waals surface area contributed by atoms with Crippen LogP contribution < -0.4 is 15.5 Å². The molecule has 0 aliphatic carbocycles. The second-order valence-corrected chi connectivity index (χ2v) is 7.88. The minimum absolute atomic E-state index is 0.251. The van der Waals surface area contributed by atoms with Crippen molar-refractivity contribution in [2.24, 2.45) is 4.99 Å². The largest absolute Gasteiger partial charge is 0.357 e. The molecule has 2 N–H and O–H groups in total. The van der Waals surface area contributed by atoms with E-state index in [-0.39, 0.29) is 11.9 Å². The van der Waals surface area contributed by atoms with Gasteiger partial charge in [-0.25, -0.2) is 9.37 Å². The Hall–Kier alpha value is -1.89. The maximum Gasteiger partial charge on any atom is 0.191 e. The summed E-state index contributed by atoms with van der Waals surface area (Å²) in [5, 5.41) is 6.86. The molecule has 2 atom stereocenters. The Kier molecular flexibility index (Phi) is 7.89. The van der Waals surface area contributed by atoms with Crippen LogP contribution in [0.2, 0.25) is 0 Å². The van der Waals surface area contributed by atoms with Gasteiger partial charge in [-0.1, -0.05) is 6.42 Å². The standard InChI is InChI=1S/C21H35FN6/c1-3-23-21(25-12-7-14-27-13-5-4-8-17(27)2)26-18-10-15-28(16-18)20-19(22)9-6-11-24-20/h6,9,11,17-18H,3-5,7-8,10,12-16H2,1-2H3,(H2,23,25,26). The van der Waals surface area contributed by atoms with Crippen molar-refractivity contribution in [1.82, 2.24) is 20.5 Å². The molecular formula is C21H35FN6. The molecule has 6 nitrogen and oxygen atoms in total. The first-order valence-electron chi connectivity index (χ1n) is 10.8. The van der Waals surface area contributed by atoms with E-state index in [9.17, 15) is 4.39 Å². The van der Waals surface area contributed by atoms with E-state index in [0.29, 0.717) is 11.9 Å². The Morgan fingerprint density at radius 3 is 3.00 bits per heavy atom. The topological polar surface area (TPSA) is 55.8 Å². The summed E-state index contributed by atoms with van der Waals surface area (Å²) in [4.78, 5) is 13.6. The highest BCUT2D eigenvalue weighted by Gasteiger charge is 2.26. The molecule has 156 valence electrons. The lowest BCUT2D eigenvalue weighted by Crippen LogP contribution is -2.45. The van der Waals surface area contributed by atoms with Gasteiger partial charge in [0.05, 0.1) is 0 Å². The first-order valence-corrected chi connectivity index (χ1v) is 10.8. The van der Waals surface area contributed by atoms with E-state index in [1.165, 1.54) is 31.9 Å². The maximum absolute atomic E-state index is 14.0. The highest BCUT2D eigenvalue weighted by molar-refractivity contribution is 5.80. The normalized spacial score (nSPS) is 23.8. The Balaban J connectivity index is 1.46. The van der Waals surface area contributed by atoms with Gasteiger partial charge in [0, 0.05) is 51.0 Å². The number of hydrogen-bond donors (Lipinski definition) is 2. The van der Waals surface area contributed by atoms with Crippen molar-refractivity contribution in [2.75, 3.05) is 44.2 Å². The van der Waals surface area contributed by atoms with E-state index in [1.54, 1.807) is 12.3 Å². The quantitative estimate of drug-likeness (QED) is 0.426. The Labute approximate surface area is 168 Å². The minimum Gasteiger partial charge on any atom is -0.357 e. The van der Waals surface area contributed by atoms with Crippen molar-refractivity contribution < 1.29 is 4.39 Å². The fraction of sp³-hybridized carbons (Fsp3) is 0.714. The second kappa shape index (κ2) is 10.6. The molecule has 2 aliphatic rings. The Bertz CT molecular complexity index is 637. The molecule has 1 aromatic rings. The summed E-state index contributed by atoms with van der Waals surface area (Å²) in [5.41, 5.74) is 0. The lowest BCUT2D eigenvalue weighted by molar-refractivity contribution is 0.160. The maximum atomic E-state index is 14.0. The van der Waals surface area contributed by atoms with Gasteiger partial charge >= 0.3 is 0 Å². The van der Waals surface area contributed by atoms with Crippen LogP contribution in [0.3, 0.4) is 0 Å². The number of aromatic nitrogens is 1. The van der Waals surface area contributed by atoms with Gasteiger partial charge < -0.3 is 20.4 Å². The van der Waals surface area contributed by atoms with Crippen LogP contribution in [-0.4, -0.2) is 67.2 Å². The lowest BCUT2D eigenvalue weighted by Gasteiger charge is -2.33. The molecule has 3 rings (SSSR count). The molecule has 0 saturated carbocycles. The van der Waals surface area contributed by atoms with Gasteiger partial charge in [-0.2, -0.15) is 0 Å². The van der Waals surface area contributed by atoms with Crippen LogP contribution in [0.15, 0.2) is 23.3 Å². The van der Waals surface area contributed by atoms with E-state index in [1.807, 2.05) is 4.90 Å². The summed E-state index contributed by atoms with van der Waals surface area (Å²) in [6.07, 6.45) is 7.69. The van der Waals surface area contributed by atoms with Crippen molar-refractivity contribution >= 4 is 11.8 Å². The zero-order valence-electron chi connectivity index (χ0n) is 17.3. The SMILES string of the molecule is CCNC(=NCCCN1CCCCC1C)NC1CCN(c2ncccc2F)C1. The zero-order valence-corrected chi connectivity index (χ0v) is 17.3. The molecular weight excluding hydrogens is 355 g/mol. The monoisotopic (exact) mass is 390 g/mol. The summed E-state index contributed by atoms with van der Waals surface area (Å²) in [6, 6.07) is 4.06. The predicted octanol–water partition coefficient (Wildman–Crippen LogP) is 2.62. The minimum atomic E-state index is -0.254. The highest BCUT2D eigenvalue weighted by Crippen LogP contribution is 2.20. The van der Waals surface area contributed by atoms with Crippen LogP contribution in [0.1, 0.15) is 46.0 Å². The van der Waals surface area contributed by atoms with E-state index < -0.39 is 0 Å². The number of pyridine rings is 1. The summed E-state index contributed by atoms with van der Waals surface area (Å²) >= 11 is 0. The average molecular weight is 391 g/mol. The fourth-order valence-corrected chi connectivity index (χ4v) is 4.15. The van der Waals surface area contributed by atoms with Crippen molar-refractivity contribution in [3.05, 3.63) is 24.1 Å². The lowest BCUT2D eigenvalue weighted by atomic mass is 10.0. The molecule has 28 heavy (non-hydrogen) atoms. The van der Waals surface area contributed by atoms with Gasteiger partial charge in [-0.05, 0) is 58.2 Å². The van der Waals surface area contributed by atoms with Crippen LogP contribution in [0.5, 0.6) is 0 Å². The highest BCUT2D eigenvalue weighted by atomic mass is 19.1. The third-order valence-corrected chi connectivity index (χ3v) is 5.73. The number of nitrogens with one attached hydrogen (secondary N) is 2. The van der Waals surface area contributed by atoms with Crippen molar-refractivity contribution in [1.29, 1.82) is 0 Å². The molecule has 3 heterocycles.